The summed E-state index contributed by atoms with van der Waals surface area (Å²) >= 11 is 1.74. The van der Waals surface area contributed by atoms with Crippen molar-refractivity contribution in [2.24, 2.45) is 0 Å². The number of aromatic nitrogens is 1. The maximum absolute atomic E-state index is 4.66. The molecule has 0 aliphatic carbocycles. The van der Waals surface area contributed by atoms with E-state index in [4.69, 9.17) is 0 Å². The topological polar surface area (TPSA) is 28.2 Å². The van der Waals surface area contributed by atoms with Crippen LogP contribution < -0.4 is 10.2 Å². The molecule has 21 heavy (non-hydrogen) atoms. The summed E-state index contributed by atoms with van der Waals surface area (Å²) in [4.78, 5) is 7.10. The largest absolute Gasteiger partial charge is 0.369 e. The van der Waals surface area contributed by atoms with E-state index in [0.29, 0.717) is 6.04 Å². The minimum atomic E-state index is 0.478. The lowest BCUT2D eigenvalue weighted by atomic mass is 10.3. The predicted octanol–water partition coefficient (Wildman–Crippen LogP) is 3.99. The molecule has 0 saturated carbocycles. The second-order valence-electron chi connectivity index (χ2n) is 5.40. The molecule has 3 aromatic rings. The highest BCUT2D eigenvalue weighted by Gasteiger charge is 2.23. The summed E-state index contributed by atoms with van der Waals surface area (Å²) in [5, 5.41) is 4.63. The molecule has 4 heteroatoms. The number of rotatable bonds is 3. The van der Waals surface area contributed by atoms with Gasteiger partial charge >= 0.3 is 0 Å². The van der Waals surface area contributed by atoms with Crippen molar-refractivity contribution in [2.75, 3.05) is 23.3 Å². The summed E-state index contributed by atoms with van der Waals surface area (Å²) in [6.07, 6.45) is 1.16. The monoisotopic (exact) mass is 295 g/mol. The van der Waals surface area contributed by atoms with Gasteiger partial charge in [-0.15, -0.1) is 0 Å². The average Bonchev–Trinajstić information content (AvgIpc) is 3.14. The Morgan fingerprint density at radius 3 is 2.71 bits per heavy atom. The Balaban J connectivity index is 1.46. The molecular formula is C17H17N3S. The van der Waals surface area contributed by atoms with Gasteiger partial charge in [0.25, 0.3) is 0 Å². The van der Waals surface area contributed by atoms with Gasteiger partial charge in [-0.25, -0.2) is 4.98 Å². The fraction of sp³-hybridized carbons (Fsp3) is 0.235. The first-order valence-electron chi connectivity index (χ1n) is 7.30. The molecule has 4 rings (SSSR count). The Labute approximate surface area is 128 Å². The van der Waals surface area contributed by atoms with Crippen LogP contribution in [0, 0.1) is 0 Å². The number of nitrogens with one attached hydrogen (secondary N) is 1. The smallest absolute Gasteiger partial charge is 0.184 e. The van der Waals surface area contributed by atoms with Crippen LogP contribution in [-0.4, -0.2) is 24.1 Å². The lowest BCUT2D eigenvalue weighted by molar-refractivity contribution is 0.806. The molecule has 1 saturated heterocycles. The summed E-state index contributed by atoms with van der Waals surface area (Å²) < 4.78 is 1.25. The first-order valence-corrected chi connectivity index (χ1v) is 8.12. The fourth-order valence-corrected chi connectivity index (χ4v) is 3.80. The Hall–Kier alpha value is -2.07. The number of hydrogen-bond donors (Lipinski definition) is 1. The standard InChI is InChI=1S/C17H17N3S/c1-2-6-14(7-3-1)20-11-10-13(12-20)18-17-19-15-8-4-5-9-16(15)21-17/h1-9,13H,10-12H2,(H,18,19). The van der Waals surface area contributed by atoms with Crippen molar-refractivity contribution in [3.8, 4) is 0 Å². The Morgan fingerprint density at radius 2 is 1.86 bits per heavy atom. The van der Waals surface area contributed by atoms with Crippen LogP contribution in [0.3, 0.4) is 0 Å². The second kappa shape index (κ2) is 5.37. The van der Waals surface area contributed by atoms with Crippen molar-refractivity contribution in [2.45, 2.75) is 12.5 Å². The number of hydrogen-bond acceptors (Lipinski definition) is 4. The summed E-state index contributed by atoms with van der Waals surface area (Å²) in [6, 6.07) is 19.4. The molecular weight excluding hydrogens is 278 g/mol. The van der Waals surface area contributed by atoms with E-state index in [1.165, 1.54) is 10.4 Å². The number of para-hydroxylation sites is 2. The van der Waals surface area contributed by atoms with E-state index >= 15 is 0 Å². The summed E-state index contributed by atoms with van der Waals surface area (Å²) in [5.41, 5.74) is 2.40. The summed E-state index contributed by atoms with van der Waals surface area (Å²) in [6.45, 7) is 2.15. The molecule has 0 spiro atoms. The van der Waals surface area contributed by atoms with E-state index in [-0.39, 0.29) is 0 Å². The molecule has 106 valence electrons. The maximum atomic E-state index is 4.66. The molecule has 1 aliphatic heterocycles. The van der Waals surface area contributed by atoms with Gasteiger partial charge in [-0.05, 0) is 30.7 Å². The lowest BCUT2D eigenvalue weighted by Crippen LogP contribution is -2.25. The zero-order valence-corrected chi connectivity index (χ0v) is 12.5. The van der Waals surface area contributed by atoms with E-state index < -0.39 is 0 Å². The van der Waals surface area contributed by atoms with E-state index in [1.807, 2.05) is 6.07 Å². The molecule has 0 radical (unpaired) electrons. The first-order chi connectivity index (χ1) is 10.4. The quantitative estimate of drug-likeness (QED) is 0.792. The number of fused-ring (bicyclic) bond motifs is 1. The Kier molecular flexibility index (Phi) is 3.24. The van der Waals surface area contributed by atoms with Gasteiger partial charge in [-0.1, -0.05) is 41.7 Å². The summed E-state index contributed by atoms with van der Waals surface area (Å²) in [7, 11) is 0. The molecule has 3 nitrogen and oxygen atoms in total. The molecule has 2 aromatic carbocycles. The molecule has 1 atom stereocenters. The van der Waals surface area contributed by atoms with Crippen LogP contribution in [0.4, 0.5) is 10.8 Å². The van der Waals surface area contributed by atoms with Crippen molar-refractivity contribution in [1.29, 1.82) is 0 Å². The van der Waals surface area contributed by atoms with Crippen LogP contribution in [0.2, 0.25) is 0 Å². The molecule has 0 bridgehead atoms. The molecule has 1 aliphatic rings. The maximum Gasteiger partial charge on any atom is 0.184 e. The average molecular weight is 295 g/mol. The van der Waals surface area contributed by atoms with Crippen LogP contribution in [-0.2, 0) is 0 Å². The third-order valence-corrected chi connectivity index (χ3v) is 4.90. The minimum absolute atomic E-state index is 0.478. The van der Waals surface area contributed by atoms with Crippen molar-refractivity contribution >= 4 is 32.4 Å². The summed E-state index contributed by atoms with van der Waals surface area (Å²) in [5.74, 6) is 0. The SMILES string of the molecule is c1ccc(N2CCC(Nc3nc4ccccc4s3)C2)cc1. The minimum Gasteiger partial charge on any atom is -0.369 e. The van der Waals surface area contributed by atoms with E-state index in [9.17, 15) is 0 Å². The highest BCUT2D eigenvalue weighted by Crippen LogP contribution is 2.28. The molecule has 2 heterocycles. The second-order valence-corrected chi connectivity index (χ2v) is 6.43. The predicted molar refractivity (Wildman–Crippen MR) is 90.3 cm³/mol. The highest BCUT2D eigenvalue weighted by atomic mass is 32.1. The van der Waals surface area contributed by atoms with Gasteiger partial charge in [-0.3, -0.25) is 0 Å². The van der Waals surface area contributed by atoms with Gasteiger partial charge in [-0.2, -0.15) is 0 Å². The van der Waals surface area contributed by atoms with Gasteiger partial charge in [0.05, 0.1) is 10.2 Å². The fourth-order valence-electron chi connectivity index (χ4n) is 2.86. The van der Waals surface area contributed by atoms with E-state index in [1.54, 1.807) is 11.3 Å². The number of nitrogens with zero attached hydrogens (tertiary/aromatic N) is 2. The van der Waals surface area contributed by atoms with E-state index in [0.717, 1.165) is 30.2 Å². The molecule has 1 aromatic heterocycles. The highest BCUT2D eigenvalue weighted by molar-refractivity contribution is 7.22. The Morgan fingerprint density at radius 1 is 1.05 bits per heavy atom. The molecule has 1 unspecified atom stereocenters. The van der Waals surface area contributed by atoms with Crippen LogP contribution >= 0.6 is 11.3 Å². The van der Waals surface area contributed by atoms with Crippen LogP contribution in [0.15, 0.2) is 54.6 Å². The number of anilines is 2. The van der Waals surface area contributed by atoms with Gasteiger partial charge in [0, 0.05) is 24.8 Å². The van der Waals surface area contributed by atoms with Crippen molar-refractivity contribution in [3.63, 3.8) is 0 Å². The van der Waals surface area contributed by atoms with Crippen molar-refractivity contribution in [1.82, 2.24) is 4.98 Å². The number of thiazole rings is 1. The van der Waals surface area contributed by atoms with Crippen LogP contribution in [0.5, 0.6) is 0 Å². The van der Waals surface area contributed by atoms with Crippen LogP contribution in [0.1, 0.15) is 6.42 Å². The van der Waals surface area contributed by atoms with Gasteiger partial charge < -0.3 is 10.2 Å². The number of benzene rings is 2. The van der Waals surface area contributed by atoms with E-state index in [2.05, 4.69) is 63.7 Å². The lowest BCUT2D eigenvalue weighted by Gasteiger charge is -2.18. The zero-order valence-electron chi connectivity index (χ0n) is 11.7. The van der Waals surface area contributed by atoms with Gasteiger partial charge in [0.1, 0.15) is 0 Å². The third kappa shape index (κ3) is 2.59. The van der Waals surface area contributed by atoms with Crippen molar-refractivity contribution in [3.05, 3.63) is 54.6 Å². The molecule has 1 fully saturated rings. The van der Waals surface area contributed by atoms with Gasteiger partial charge in [0.2, 0.25) is 0 Å². The molecule has 0 amide bonds. The zero-order chi connectivity index (χ0) is 14.1. The Bertz CT molecular complexity index is 705. The first kappa shape index (κ1) is 12.7. The third-order valence-electron chi connectivity index (χ3n) is 3.93. The van der Waals surface area contributed by atoms with Crippen molar-refractivity contribution < 1.29 is 0 Å². The normalized spacial score (nSPS) is 18.3. The van der Waals surface area contributed by atoms with Gasteiger partial charge in [0.15, 0.2) is 5.13 Å². The van der Waals surface area contributed by atoms with Crippen LogP contribution in [0.25, 0.3) is 10.2 Å². The molecule has 1 N–H and O–H groups in total.